The SMILES string of the molecule is O=C(O)CCCCC1=C2CCC(C1)C2. The smallest absolute Gasteiger partial charge is 0.303 e. The van der Waals surface area contributed by atoms with E-state index in [9.17, 15) is 4.79 Å². The highest BCUT2D eigenvalue weighted by atomic mass is 16.4. The van der Waals surface area contributed by atoms with Gasteiger partial charge < -0.3 is 5.11 Å². The van der Waals surface area contributed by atoms with Gasteiger partial charge in [-0.1, -0.05) is 11.1 Å². The number of carboxylic acids is 1. The Balaban J connectivity index is 1.69. The molecule has 0 radical (unpaired) electrons. The molecule has 1 unspecified atom stereocenters. The monoisotopic (exact) mass is 194 g/mol. The van der Waals surface area contributed by atoms with Crippen LogP contribution in [0.15, 0.2) is 11.1 Å². The summed E-state index contributed by atoms with van der Waals surface area (Å²) in [6.07, 6.45) is 8.84. The summed E-state index contributed by atoms with van der Waals surface area (Å²) in [5.74, 6) is 0.301. The van der Waals surface area contributed by atoms with Crippen molar-refractivity contribution < 1.29 is 9.90 Å². The first-order valence-corrected chi connectivity index (χ1v) is 5.67. The molecule has 0 amide bonds. The summed E-state index contributed by atoms with van der Waals surface area (Å²) in [5.41, 5.74) is 3.39. The van der Waals surface area contributed by atoms with Crippen molar-refractivity contribution in [2.75, 3.05) is 0 Å². The Morgan fingerprint density at radius 1 is 1.36 bits per heavy atom. The lowest BCUT2D eigenvalue weighted by molar-refractivity contribution is -0.137. The number of carboxylic acid groups (broad SMARTS) is 1. The zero-order chi connectivity index (χ0) is 9.97. The van der Waals surface area contributed by atoms with Crippen LogP contribution in [-0.2, 0) is 4.79 Å². The lowest BCUT2D eigenvalue weighted by Gasteiger charge is -2.11. The molecule has 2 rings (SSSR count). The summed E-state index contributed by atoms with van der Waals surface area (Å²) in [5, 5.41) is 8.50. The fourth-order valence-electron chi connectivity index (χ4n) is 2.81. The van der Waals surface area contributed by atoms with Gasteiger partial charge in [0.15, 0.2) is 0 Å². The molecule has 0 aromatic heterocycles. The highest BCUT2D eigenvalue weighted by Crippen LogP contribution is 2.45. The van der Waals surface area contributed by atoms with Crippen molar-refractivity contribution in [1.82, 2.24) is 0 Å². The van der Waals surface area contributed by atoms with E-state index in [-0.39, 0.29) is 0 Å². The highest BCUT2D eigenvalue weighted by Gasteiger charge is 2.29. The summed E-state index contributed by atoms with van der Waals surface area (Å²) in [6.45, 7) is 0. The molecule has 78 valence electrons. The number of hydrogen-bond acceptors (Lipinski definition) is 1. The van der Waals surface area contributed by atoms with Crippen LogP contribution in [0.25, 0.3) is 0 Å². The number of rotatable bonds is 5. The van der Waals surface area contributed by atoms with Crippen LogP contribution >= 0.6 is 0 Å². The number of hydrogen-bond donors (Lipinski definition) is 1. The highest BCUT2D eigenvalue weighted by molar-refractivity contribution is 5.66. The van der Waals surface area contributed by atoms with Crippen molar-refractivity contribution in [3.63, 3.8) is 0 Å². The Hall–Kier alpha value is -0.790. The molecule has 2 aliphatic rings. The van der Waals surface area contributed by atoms with Gasteiger partial charge in [0.25, 0.3) is 0 Å². The van der Waals surface area contributed by atoms with Crippen LogP contribution in [0, 0.1) is 5.92 Å². The predicted octanol–water partition coefficient (Wildman–Crippen LogP) is 3.13. The average Bonchev–Trinajstić information content (AvgIpc) is 2.73. The van der Waals surface area contributed by atoms with Crippen molar-refractivity contribution in [1.29, 1.82) is 0 Å². The topological polar surface area (TPSA) is 37.3 Å². The fraction of sp³-hybridized carbons (Fsp3) is 0.750. The molecule has 0 aromatic rings. The molecule has 14 heavy (non-hydrogen) atoms. The summed E-state index contributed by atoms with van der Waals surface area (Å²) in [6, 6.07) is 0. The summed E-state index contributed by atoms with van der Waals surface area (Å²) < 4.78 is 0. The molecule has 0 aliphatic heterocycles. The summed E-state index contributed by atoms with van der Waals surface area (Å²) >= 11 is 0. The molecule has 1 atom stereocenters. The van der Waals surface area contributed by atoms with Crippen LogP contribution in [0.1, 0.15) is 51.4 Å². The van der Waals surface area contributed by atoms with Crippen LogP contribution in [-0.4, -0.2) is 11.1 Å². The molecule has 0 spiro atoms. The van der Waals surface area contributed by atoms with Gasteiger partial charge in [-0.3, -0.25) is 4.79 Å². The number of fused-ring (bicyclic) bond motifs is 2. The van der Waals surface area contributed by atoms with Gasteiger partial charge in [-0.15, -0.1) is 0 Å². The lowest BCUT2D eigenvalue weighted by Crippen LogP contribution is -1.96. The minimum absolute atomic E-state index is 0.339. The van der Waals surface area contributed by atoms with Crippen LogP contribution in [0.3, 0.4) is 0 Å². The predicted molar refractivity (Wildman–Crippen MR) is 55.1 cm³/mol. The molecular formula is C12H18O2. The Morgan fingerprint density at radius 2 is 2.21 bits per heavy atom. The van der Waals surface area contributed by atoms with E-state index in [4.69, 9.17) is 5.11 Å². The molecule has 1 fully saturated rings. The third kappa shape index (κ3) is 2.17. The Bertz CT molecular complexity index is 265. The van der Waals surface area contributed by atoms with E-state index in [1.54, 1.807) is 11.1 Å². The third-order valence-corrected chi connectivity index (χ3v) is 3.54. The first-order chi connectivity index (χ1) is 6.75. The minimum Gasteiger partial charge on any atom is -0.481 e. The van der Waals surface area contributed by atoms with Crippen molar-refractivity contribution in [3.05, 3.63) is 11.1 Å². The van der Waals surface area contributed by atoms with E-state index >= 15 is 0 Å². The molecule has 0 heterocycles. The fourth-order valence-corrected chi connectivity index (χ4v) is 2.81. The van der Waals surface area contributed by atoms with E-state index < -0.39 is 5.97 Å². The first kappa shape index (κ1) is 9.75. The van der Waals surface area contributed by atoms with Crippen molar-refractivity contribution >= 4 is 5.97 Å². The van der Waals surface area contributed by atoms with Gasteiger partial charge in [0, 0.05) is 6.42 Å². The molecule has 2 aliphatic carbocycles. The van der Waals surface area contributed by atoms with Gasteiger partial charge in [-0.05, 0) is 50.9 Å². The largest absolute Gasteiger partial charge is 0.481 e. The second-order valence-corrected chi connectivity index (χ2v) is 4.62. The molecule has 2 bridgehead atoms. The Kier molecular flexibility index (Phi) is 2.90. The van der Waals surface area contributed by atoms with E-state index in [0.717, 1.165) is 18.8 Å². The molecule has 2 heteroatoms. The van der Waals surface area contributed by atoms with Gasteiger partial charge in [-0.2, -0.15) is 0 Å². The summed E-state index contributed by atoms with van der Waals surface area (Å²) in [4.78, 5) is 10.3. The van der Waals surface area contributed by atoms with Crippen LogP contribution in [0.2, 0.25) is 0 Å². The Labute approximate surface area is 85.0 Å². The van der Waals surface area contributed by atoms with Crippen molar-refractivity contribution in [2.24, 2.45) is 5.92 Å². The van der Waals surface area contributed by atoms with Gasteiger partial charge >= 0.3 is 5.97 Å². The third-order valence-electron chi connectivity index (χ3n) is 3.54. The molecule has 0 saturated heterocycles. The van der Waals surface area contributed by atoms with Crippen molar-refractivity contribution in [2.45, 2.75) is 51.4 Å². The molecule has 2 nitrogen and oxygen atoms in total. The quantitative estimate of drug-likeness (QED) is 0.539. The number of allylic oxidation sites excluding steroid dienone is 2. The molecular weight excluding hydrogens is 176 g/mol. The van der Waals surface area contributed by atoms with Crippen LogP contribution in [0.4, 0.5) is 0 Å². The minimum atomic E-state index is -0.657. The maximum atomic E-state index is 10.3. The molecule has 1 N–H and O–H groups in total. The second kappa shape index (κ2) is 4.16. The lowest BCUT2D eigenvalue weighted by atomic mass is 9.95. The second-order valence-electron chi connectivity index (χ2n) is 4.62. The standard InChI is InChI=1S/C12H18O2/c13-12(14)4-2-1-3-10-7-9-5-6-11(10)8-9/h9H,1-8H2,(H,13,14). The van der Waals surface area contributed by atoms with E-state index in [0.29, 0.717) is 6.42 Å². The Morgan fingerprint density at radius 3 is 2.79 bits per heavy atom. The number of aliphatic carboxylic acids is 1. The van der Waals surface area contributed by atoms with E-state index in [2.05, 4.69) is 0 Å². The normalized spacial score (nSPS) is 24.7. The first-order valence-electron chi connectivity index (χ1n) is 5.67. The molecule has 1 saturated carbocycles. The summed E-state index contributed by atoms with van der Waals surface area (Å²) in [7, 11) is 0. The molecule has 0 aromatic carbocycles. The average molecular weight is 194 g/mol. The van der Waals surface area contributed by atoms with Crippen molar-refractivity contribution in [3.8, 4) is 0 Å². The van der Waals surface area contributed by atoms with E-state index in [1.165, 1.54) is 32.1 Å². The van der Waals surface area contributed by atoms with E-state index in [1.807, 2.05) is 0 Å². The number of unbranched alkanes of at least 4 members (excludes halogenated alkanes) is 1. The van der Waals surface area contributed by atoms with Gasteiger partial charge in [0.1, 0.15) is 0 Å². The van der Waals surface area contributed by atoms with Gasteiger partial charge in [0.2, 0.25) is 0 Å². The maximum Gasteiger partial charge on any atom is 0.303 e. The van der Waals surface area contributed by atoms with Gasteiger partial charge in [0.05, 0.1) is 0 Å². The zero-order valence-corrected chi connectivity index (χ0v) is 8.59. The number of carbonyl (C=O) groups is 1. The van der Waals surface area contributed by atoms with Crippen LogP contribution in [0.5, 0.6) is 0 Å². The van der Waals surface area contributed by atoms with Gasteiger partial charge in [-0.25, -0.2) is 0 Å². The van der Waals surface area contributed by atoms with Crippen LogP contribution < -0.4 is 0 Å². The maximum absolute atomic E-state index is 10.3. The zero-order valence-electron chi connectivity index (χ0n) is 8.59.